The summed E-state index contributed by atoms with van der Waals surface area (Å²) in [6.45, 7) is 1.59. The highest BCUT2D eigenvalue weighted by Crippen LogP contribution is 2.17. The number of imidazole rings is 1. The van der Waals surface area contributed by atoms with Gasteiger partial charge in [-0.3, -0.25) is 4.79 Å². The Morgan fingerprint density at radius 1 is 1.33 bits per heavy atom. The van der Waals surface area contributed by atoms with Gasteiger partial charge in [0.25, 0.3) is 5.91 Å². The number of carbonyl (C=O) groups excluding carboxylic acids is 1. The van der Waals surface area contributed by atoms with E-state index in [0.29, 0.717) is 5.82 Å². The molecule has 2 heterocycles. The molecule has 0 unspecified atom stereocenters. The van der Waals surface area contributed by atoms with Crippen molar-refractivity contribution < 1.29 is 4.79 Å². The SMILES string of the molecule is O=C1NCCCn2c1nc1ccccc12. The second-order valence-electron chi connectivity index (χ2n) is 3.69. The summed E-state index contributed by atoms with van der Waals surface area (Å²) < 4.78 is 2.00. The number of aromatic nitrogens is 2. The Morgan fingerprint density at radius 3 is 3.13 bits per heavy atom. The van der Waals surface area contributed by atoms with Crippen LogP contribution in [0.5, 0.6) is 0 Å². The molecule has 3 rings (SSSR count). The highest BCUT2D eigenvalue weighted by Gasteiger charge is 2.19. The number of carbonyl (C=O) groups is 1. The molecule has 0 saturated carbocycles. The van der Waals surface area contributed by atoms with E-state index in [1.54, 1.807) is 0 Å². The summed E-state index contributed by atoms with van der Waals surface area (Å²) in [5.74, 6) is 0.470. The zero-order valence-electron chi connectivity index (χ0n) is 8.23. The van der Waals surface area contributed by atoms with E-state index in [1.165, 1.54) is 0 Å². The number of aryl methyl sites for hydroxylation is 1. The summed E-state index contributed by atoms with van der Waals surface area (Å²) in [7, 11) is 0. The fraction of sp³-hybridized carbons (Fsp3) is 0.273. The standard InChI is InChI=1S/C11H11N3O/c15-11-10-13-8-4-1-2-5-9(8)14(10)7-3-6-12-11/h1-2,4-5H,3,6-7H2,(H,12,15). The van der Waals surface area contributed by atoms with E-state index in [1.807, 2.05) is 28.8 Å². The number of fused-ring (bicyclic) bond motifs is 3. The average Bonchev–Trinajstić information content (AvgIpc) is 2.54. The van der Waals surface area contributed by atoms with Crippen LogP contribution >= 0.6 is 0 Å². The lowest BCUT2D eigenvalue weighted by Gasteiger charge is -2.01. The summed E-state index contributed by atoms with van der Waals surface area (Å²) in [4.78, 5) is 16.0. The van der Waals surface area contributed by atoms with Gasteiger partial charge in [0.15, 0.2) is 5.82 Å². The normalized spacial score (nSPS) is 15.9. The number of nitrogens with zero attached hydrogens (tertiary/aromatic N) is 2. The van der Waals surface area contributed by atoms with Crippen molar-refractivity contribution in [3.05, 3.63) is 30.1 Å². The molecule has 4 nitrogen and oxygen atoms in total. The molecule has 15 heavy (non-hydrogen) atoms. The Hall–Kier alpha value is -1.84. The van der Waals surface area contributed by atoms with Gasteiger partial charge >= 0.3 is 0 Å². The maximum Gasteiger partial charge on any atom is 0.287 e. The van der Waals surface area contributed by atoms with Crippen molar-refractivity contribution in [2.24, 2.45) is 0 Å². The van der Waals surface area contributed by atoms with Crippen molar-refractivity contribution in [3.63, 3.8) is 0 Å². The molecule has 76 valence electrons. The van der Waals surface area contributed by atoms with Crippen molar-refractivity contribution in [3.8, 4) is 0 Å². The van der Waals surface area contributed by atoms with Crippen LogP contribution in [0.15, 0.2) is 24.3 Å². The third kappa shape index (κ3) is 1.21. The molecule has 1 amide bonds. The number of hydrogen-bond donors (Lipinski definition) is 1. The lowest BCUT2D eigenvalue weighted by atomic mass is 10.3. The first-order chi connectivity index (χ1) is 7.36. The molecule has 0 radical (unpaired) electrons. The van der Waals surface area contributed by atoms with E-state index < -0.39 is 0 Å². The van der Waals surface area contributed by atoms with E-state index in [9.17, 15) is 4.79 Å². The largest absolute Gasteiger partial charge is 0.349 e. The minimum atomic E-state index is -0.0660. The molecule has 2 aromatic rings. The van der Waals surface area contributed by atoms with E-state index in [4.69, 9.17) is 0 Å². The minimum Gasteiger partial charge on any atom is -0.349 e. The van der Waals surface area contributed by atoms with Gasteiger partial charge in [-0.2, -0.15) is 0 Å². The van der Waals surface area contributed by atoms with Gasteiger partial charge < -0.3 is 9.88 Å². The smallest absolute Gasteiger partial charge is 0.287 e. The van der Waals surface area contributed by atoms with Gasteiger partial charge in [-0.05, 0) is 18.6 Å². The number of amides is 1. The summed E-state index contributed by atoms with van der Waals surface area (Å²) in [5, 5.41) is 2.84. The van der Waals surface area contributed by atoms with Crippen molar-refractivity contribution in [1.82, 2.24) is 14.9 Å². The Labute approximate surface area is 86.9 Å². The molecule has 0 aliphatic carbocycles. The molecule has 1 N–H and O–H groups in total. The lowest BCUT2D eigenvalue weighted by Crippen LogP contribution is -2.23. The first-order valence-corrected chi connectivity index (χ1v) is 5.10. The molecule has 0 atom stereocenters. The van der Waals surface area contributed by atoms with Crippen LogP contribution in [0.4, 0.5) is 0 Å². The second kappa shape index (κ2) is 3.08. The van der Waals surface area contributed by atoms with Gasteiger partial charge in [-0.15, -0.1) is 0 Å². The van der Waals surface area contributed by atoms with E-state index >= 15 is 0 Å². The Kier molecular flexibility index (Phi) is 1.74. The molecular formula is C11H11N3O. The number of para-hydroxylation sites is 2. The summed E-state index contributed by atoms with van der Waals surface area (Å²) >= 11 is 0. The van der Waals surface area contributed by atoms with Gasteiger partial charge in [0, 0.05) is 13.1 Å². The Bertz CT molecular complexity index is 530. The topological polar surface area (TPSA) is 46.9 Å². The molecule has 0 spiro atoms. The van der Waals surface area contributed by atoms with Crippen molar-refractivity contribution in [2.75, 3.05) is 6.54 Å². The van der Waals surface area contributed by atoms with Crippen molar-refractivity contribution in [2.45, 2.75) is 13.0 Å². The molecule has 0 fully saturated rings. The average molecular weight is 201 g/mol. The summed E-state index contributed by atoms with van der Waals surface area (Å²) in [6.07, 6.45) is 0.957. The van der Waals surface area contributed by atoms with E-state index in [2.05, 4.69) is 10.3 Å². The molecule has 0 saturated heterocycles. The maximum absolute atomic E-state index is 11.7. The van der Waals surface area contributed by atoms with Crippen LogP contribution in [0.3, 0.4) is 0 Å². The van der Waals surface area contributed by atoms with Gasteiger partial charge in [-0.1, -0.05) is 12.1 Å². The predicted octanol–water partition coefficient (Wildman–Crippen LogP) is 1.17. The van der Waals surface area contributed by atoms with Crippen LogP contribution in [0, 0.1) is 0 Å². The molecule has 0 bridgehead atoms. The van der Waals surface area contributed by atoms with Crippen LogP contribution < -0.4 is 5.32 Å². The number of rotatable bonds is 0. The predicted molar refractivity (Wildman–Crippen MR) is 56.7 cm³/mol. The molecule has 1 aliphatic rings. The second-order valence-corrected chi connectivity index (χ2v) is 3.69. The van der Waals surface area contributed by atoms with Gasteiger partial charge in [0.1, 0.15) is 0 Å². The number of hydrogen-bond acceptors (Lipinski definition) is 2. The summed E-state index contributed by atoms with van der Waals surface area (Å²) in [5.41, 5.74) is 1.94. The third-order valence-electron chi connectivity index (χ3n) is 2.70. The maximum atomic E-state index is 11.7. The lowest BCUT2D eigenvalue weighted by molar-refractivity contribution is 0.0946. The zero-order valence-corrected chi connectivity index (χ0v) is 8.23. The fourth-order valence-electron chi connectivity index (χ4n) is 1.99. The highest BCUT2D eigenvalue weighted by molar-refractivity contribution is 5.95. The van der Waals surface area contributed by atoms with E-state index in [0.717, 1.165) is 30.5 Å². The molecule has 1 aromatic carbocycles. The first kappa shape index (κ1) is 8.47. The van der Waals surface area contributed by atoms with Crippen LogP contribution in [-0.2, 0) is 6.54 Å². The molecular weight excluding hydrogens is 190 g/mol. The zero-order chi connectivity index (χ0) is 10.3. The van der Waals surface area contributed by atoms with Crippen LogP contribution in [-0.4, -0.2) is 22.0 Å². The molecule has 1 aliphatic heterocycles. The third-order valence-corrected chi connectivity index (χ3v) is 2.70. The van der Waals surface area contributed by atoms with Gasteiger partial charge in [-0.25, -0.2) is 4.98 Å². The number of nitrogens with one attached hydrogen (secondary N) is 1. The van der Waals surface area contributed by atoms with Gasteiger partial charge in [0.05, 0.1) is 11.0 Å². The Morgan fingerprint density at radius 2 is 2.20 bits per heavy atom. The van der Waals surface area contributed by atoms with Crippen molar-refractivity contribution in [1.29, 1.82) is 0 Å². The first-order valence-electron chi connectivity index (χ1n) is 5.10. The van der Waals surface area contributed by atoms with E-state index in [-0.39, 0.29) is 5.91 Å². The van der Waals surface area contributed by atoms with Gasteiger partial charge in [0.2, 0.25) is 0 Å². The quantitative estimate of drug-likeness (QED) is 0.695. The minimum absolute atomic E-state index is 0.0660. The van der Waals surface area contributed by atoms with Crippen molar-refractivity contribution >= 4 is 16.9 Å². The van der Waals surface area contributed by atoms with Crippen LogP contribution in [0.1, 0.15) is 17.0 Å². The fourth-order valence-corrected chi connectivity index (χ4v) is 1.99. The molecule has 1 aromatic heterocycles. The summed E-state index contributed by atoms with van der Waals surface area (Å²) in [6, 6.07) is 7.85. The number of benzene rings is 1. The Balaban J connectivity index is 2.30. The highest BCUT2D eigenvalue weighted by atomic mass is 16.2. The monoisotopic (exact) mass is 201 g/mol. The van der Waals surface area contributed by atoms with Crippen LogP contribution in [0.25, 0.3) is 11.0 Å². The molecule has 4 heteroatoms. The van der Waals surface area contributed by atoms with Crippen LogP contribution in [0.2, 0.25) is 0 Å².